The molecule has 2 rings (SSSR count). The molecule has 0 bridgehead atoms. The maximum Gasteiger partial charge on any atom is 0.360 e. The van der Waals surface area contributed by atoms with E-state index in [1.54, 1.807) is 6.92 Å². The van der Waals surface area contributed by atoms with Gasteiger partial charge in [0.2, 0.25) is 5.91 Å². The molecule has 0 spiro atoms. The normalized spacial score (nSPS) is 11.0. The third-order valence-corrected chi connectivity index (χ3v) is 3.86. The second-order valence-electron chi connectivity index (χ2n) is 5.03. The van der Waals surface area contributed by atoms with Crippen molar-refractivity contribution in [3.05, 3.63) is 28.3 Å². The second kappa shape index (κ2) is 7.60. The molecule has 25 heavy (non-hydrogen) atoms. The van der Waals surface area contributed by atoms with E-state index in [1.165, 1.54) is 24.9 Å². The summed E-state index contributed by atoms with van der Waals surface area (Å²) in [6.07, 6.45) is -1.37. The molecule has 0 unspecified atom stereocenters. The van der Waals surface area contributed by atoms with E-state index in [0.717, 1.165) is 4.68 Å². The lowest BCUT2D eigenvalue weighted by Gasteiger charge is -2.06. The number of esters is 1. The van der Waals surface area contributed by atoms with Crippen molar-refractivity contribution in [1.82, 2.24) is 19.6 Å². The summed E-state index contributed by atoms with van der Waals surface area (Å²) >= 11 is 5.79. The Morgan fingerprint density at radius 3 is 2.60 bits per heavy atom. The van der Waals surface area contributed by atoms with Crippen LogP contribution in [0, 0.1) is 6.92 Å². The lowest BCUT2D eigenvalue weighted by atomic mass is 10.3. The van der Waals surface area contributed by atoms with Crippen molar-refractivity contribution in [2.75, 3.05) is 12.4 Å². The fourth-order valence-corrected chi connectivity index (χ4v) is 2.31. The van der Waals surface area contributed by atoms with Gasteiger partial charge in [-0.1, -0.05) is 11.6 Å². The van der Waals surface area contributed by atoms with Crippen molar-refractivity contribution in [3.63, 3.8) is 0 Å². The summed E-state index contributed by atoms with van der Waals surface area (Å²) in [4.78, 5) is 23.9. The highest BCUT2D eigenvalue weighted by Crippen LogP contribution is 2.28. The van der Waals surface area contributed by atoms with Gasteiger partial charge < -0.3 is 10.1 Å². The predicted octanol–water partition coefficient (Wildman–Crippen LogP) is 2.42. The molecule has 0 aliphatic rings. The second-order valence-corrected chi connectivity index (χ2v) is 5.41. The van der Waals surface area contributed by atoms with Crippen LogP contribution in [0.15, 0.2) is 6.20 Å². The van der Waals surface area contributed by atoms with Crippen LogP contribution in [0.1, 0.15) is 35.2 Å². The first-order valence-corrected chi connectivity index (χ1v) is 7.62. The van der Waals surface area contributed by atoms with Gasteiger partial charge in [0, 0.05) is 12.7 Å². The average Bonchev–Trinajstić information content (AvgIpc) is 3.10. The van der Waals surface area contributed by atoms with Crippen LogP contribution in [0.3, 0.4) is 0 Å². The SMILES string of the molecule is CCn1cc(NC(=O)Cn2nc(C(F)F)c(Cl)c2C)c(C(=O)OC)n1. The summed E-state index contributed by atoms with van der Waals surface area (Å²) in [5.41, 5.74) is -0.240. The molecule has 2 aromatic heterocycles. The van der Waals surface area contributed by atoms with Crippen molar-refractivity contribution in [1.29, 1.82) is 0 Å². The monoisotopic (exact) mass is 375 g/mol. The smallest absolute Gasteiger partial charge is 0.360 e. The number of rotatable bonds is 6. The Bertz CT molecular complexity index is 803. The number of hydrogen-bond donors (Lipinski definition) is 1. The van der Waals surface area contributed by atoms with Crippen molar-refractivity contribution in [2.24, 2.45) is 0 Å². The molecule has 0 aliphatic heterocycles. The van der Waals surface area contributed by atoms with E-state index in [-0.39, 0.29) is 28.6 Å². The largest absolute Gasteiger partial charge is 0.464 e. The number of amides is 1. The number of methoxy groups -OCH3 is 1. The Balaban J connectivity index is 2.20. The Morgan fingerprint density at radius 2 is 2.08 bits per heavy atom. The van der Waals surface area contributed by atoms with Gasteiger partial charge in [-0.2, -0.15) is 10.2 Å². The lowest BCUT2D eigenvalue weighted by Crippen LogP contribution is -2.21. The molecule has 8 nitrogen and oxygen atoms in total. The number of nitrogens with zero attached hydrogens (tertiary/aromatic N) is 4. The minimum atomic E-state index is -2.84. The zero-order chi connectivity index (χ0) is 18.7. The fraction of sp³-hybridized carbons (Fsp3) is 0.429. The molecule has 11 heteroatoms. The fourth-order valence-electron chi connectivity index (χ4n) is 2.09. The Labute approximate surface area is 146 Å². The summed E-state index contributed by atoms with van der Waals surface area (Å²) in [5, 5.41) is 9.97. The number of aryl methyl sites for hydroxylation is 1. The van der Waals surface area contributed by atoms with Crippen LogP contribution >= 0.6 is 11.6 Å². The van der Waals surface area contributed by atoms with E-state index in [4.69, 9.17) is 11.6 Å². The van der Waals surface area contributed by atoms with Crippen LogP contribution in [0.5, 0.6) is 0 Å². The molecule has 0 atom stereocenters. The standard InChI is InChI=1S/C14H16ClF2N5O3/c1-4-21-5-8(11(19-21)14(24)25-3)18-9(23)6-22-7(2)10(15)12(20-22)13(16)17/h5,13H,4,6H2,1-3H3,(H,18,23). The lowest BCUT2D eigenvalue weighted by molar-refractivity contribution is -0.117. The van der Waals surface area contributed by atoms with Crippen LogP contribution in [0.4, 0.5) is 14.5 Å². The van der Waals surface area contributed by atoms with Gasteiger partial charge >= 0.3 is 5.97 Å². The molecule has 0 saturated heterocycles. The number of halogens is 3. The van der Waals surface area contributed by atoms with Gasteiger partial charge in [-0.05, 0) is 13.8 Å². The maximum absolute atomic E-state index is 12.8. The van der Waals surface area contributed by atoms with E-state index < -0.39 is 24.0 Å². The Kier molecular flexibility index (Phi) is 5.73. The zero-order valence-corrected chi connectivity index (χ0v) is 14.5. The van der Waals surface area contributed by atoms with E-state index in [0.29, 0.717) is 6.54 Å². The van der Waals surface area contributed by atoms with E-state index in [9.17, 15) is 18.4 Å². The molecule has 2 aromatic rings. The molecule has 1 amide bonds. The van der Waals surface area contributed by atoms with Crippen LogP contribution in [-0.2, 0) is 22.6 Å². The van der Waals surface area contributed by atoms with Gasteiger partial charge in [0.15, 0.2) is 5.69 Å². The summed E-state index contributed by atoms with van der Waals surface area (Å²) < 4.78 is 32.7. The van der Waals surface area contributed by atoms with Crippen molar-refractivity contribution < 1.29 is 23.1 Å². The minimum Gasteiger partial charge on any atom is -0.464 e. The molecule has 0 radical (unpaired) electrons. The van der Waals surface area contributed by atoms with Crippen molar-refractivity contribution in [3.8, 4) is 0 Å². The number of nitrogens with one attached hydrogen (secondary N) is 1. The summed E-state index contributed by atoms with van der Waals surface area (Å²) in [5.74, 6) is -1.29. The third-order valence-electron chi connectivity index (χ3n) is 3.40. The number of carbonyl (C=O) groups is 2. The number of hydrogen-bond acceptors (Lipinski definition) is 5. The number of alkyl halides is 2. The van der Waals surface area contributed by atoms with Crippen LogP contribution in [-0.4, -0.2) is 38.5 Å². The molecular weight excluding hydrogens is 360 g/mol. The van der Waals surface area contributed by atoms with Crippen molar-refractivity contribution in [2.45, 2.75) is 33.4 Å². The highest BCUT2D eigenvalue weighted by Gasteiger charge is 2.23. The van der Waals surface area contributed by atoms with E-state index in [2.05, 4.69) is 20.3 Å². The first-order chi connectivity index (χ1) is 11.8. The van der Waals surface area contributed by atoms with Crippen LogP contribution < -0.4 is 5.32 Å². The molecule has 0 aromatic carbocycles. The van der Waals surface area contributed by atoms with Crippen molar-refractivity contribution >= 4 is 29.2 Å². The maximum atomic E-state index is 12.8. The topological polar surface area (TPSA) is 91.0 Å². The average molecular weight is 376 g/mol. The highest BCUT2D eigenvalue weighted by atomic mass is 35.5. The van der Waals surface area contributed by atoms with Gasteiger partial charge in [-0.15, -0.1) is 0 Å². The highest BCUT2D eigenvalue weighted by molar-refractivity contribution is 6.31. The van der Waals surface area contributed by atoms with Gasteiger partial charge in [-0.3, -0.25) is 14.2 Å². The van der Waals surface area contributed by atoms with Gasteiger partial charge in [0.25, 0.3) is 6.43 Å². The predicted molar refractivity (Wildman–Crippen MR) is 84.8 cm³/mol. The number of aromatic nitrogens is 4. The molecule has 0 saturated carbocycles. The number of ether oxygens (including phenoxy) is 1. The van der Waals surface area contributed by atoms with Crippen LogP contribution in [0.25, 0.3) is 0 Å². The quantitative estimate of drug-likeness (QED) is 0.783. The number of anilines is 1. The molecular formula is C14H16ClF2N5O3. The van der Waals surface area contributed by atoms with Gasteiger partial charge in [-0.25, -0.2) is 13.6 Å². The van der Waals surface area contributed by atoms with E-state index >= 15 is 0 Å². The first kappa shape index (κ1) is 18.8. The third kappa shape index (κ3) is 3.95. The van der Waals surface area contributed by atoms with Gasteiger partial charge in [0.1, 0.15) is 12.2 Å². The molecule has 0 aliphatic carbocycles. The first-order valence-electron chi connectivity index (χ1n) is 7.25. The van der Waals surface area contributed by atoms with Gasteiger partial charge in [0.05, 0.1) is 23.5 Å². The number of carbonyl (C=O) groups excluding carboxylic acids is 2. The molecule has 136 valence electrons. The Hall–Kier alpha value is -2.49. The summed E-state index contributed by atoms with van der Waals surface area (Å²) in [7, 11) is 1.19. The minimum absolute atomic E-state index is 0.0545. The Morgan fingerprint density at radius 1 is 1.40 bits per heavy atom. The summed E-state index contributed by atoms with van der Waals surface area (Å²) in [6.45, 7) is 3.41. The zero-order valence-electron chi connectivity index (χ0n) is 13.7. The van der Waals surface area contributed by atoms with Crippen LogP contribution in [0.2, 0.25) is 5.02 Å². The summed E-state index contributed by atoms with van der Waals surface area (Å²) in [6, 6.07) is 0. The molecule has 2 heterocycles. The molecule has 0 fully saturated rings. The molecule has 1 N–H and O–H groups in total. The van der Waals surface area contributed by atoms with E-state index in [1.807, 2.05) is 0 Å².